The van der Waals surface area contributed by atoms with Crippen LogP contribution < -0.4 is 10.1 Å². The number of carbonyl (C=O) groups is 1. The summed E-state index contributed by atoms with van der Waals surface area (Å²) in [7, 11) is 1.52. The topological polar surface area (TPSA) is 38.3 Å². The van der Waals surface area contributed by atoms with Gasteiger partial charge in [-0.1, -0.05) is 30.1 Å². The highest BCUT2D eigenvalue weighted by molar-refractivity contribution is 6.34. The van der Waals surface area contributed by atoms with E-state index in [0.29, 0.717) is 27.9 Å². The van der Waals surface area contributed by atoms with E-state index in [9.17, 15) is 4.79 Å². The van der Waals surface area contributed by atoms with E-state index >= 15 is 0 Å². The van der Waals surface area contributed by atoms with Crippen LogP contribution in [0.1, 0.15) is 18.9 Å². The first-order valence-electron chi connectivity index (χ1n) is 5.37. The van der Waals surface area contributed by atoms with Crippen LogP contribution in [0.5, 0.6) is 5.75 Å². The lowest BCUT2D eigenvalue weighted by Gasteiger charge is -2.09. The highest BCUT2D eigenvalue weighted by atomic mass is 35.5. The zero-order chi connectivity index (χ0) is 12.8. The largest absolute Gasteiger partial charge is 0.495 e. The van der Waals surface area contributed by atoms with E-state index in [1.165, 1.54) is 7.11 Å². The first kappa shape index (κ1) is 14.1. The molecule has 0 saturated carbocycles. The number of hydrogen-bond donors (Lipinski definition) is 1. The van der Waals surface area contributed by atoms with Crippen LogP contribution in [0.2, 0.25) is 10.0 Å². The standard InChI is InChI=1S/C12H15Cl2NO2/c1-3-4-15-12(16)6-8-5-10(14)11(17-2)7-9(8)13/h5,7H,3-4,6H2,1-2H3,(H,15,16). The van der Waals surface area contributed by atoms with Crippen LogP contribution in [0.25, 0.3) is 0 Å². The van der Waals surface area contributed by atoms with Crippen molar-refractivity contribution in [2.45, 2.75) is 19.8 Å². The van der Waals surface area contributed by atoms with Crippen LogP contribution in [0.3, 0.4) is 0 Å². The predicted molar refractivity (Wildman–Crippen MR) is 70.0 cm³/mol. The third kappa shape index (κ3) is 4.10. The molecule has 17 heavy (non-hydrogen) atoms. The van der Waals surface area contributed by atoms with Crippen molar-refractivity contribution in [2.24, 2.45) is 0 Å². The third-order valence-electron chi connectivity index (χ3n) is 2.24. The quantitative estimate of drug-likeness (QED) is 0.897. The Morgan fingerprint density at radius 2 is 2.06 bits per heavy atom. The molecule has 0 bridgehead atoms. The van der Waals surface area contributed by atoms with Gasteiger partial charge in [0.15, 0.2) is 0 Å². The zero-order valence-electron chi connectivity index (χ0n) is 9.85. The number of carbonyl (C=O) groups excluding carboxylic acids is 1. The van der Waals surface area contributed by atoms with E-state index in [-0.39, 0.29) is 12.3 Å². The normalized spacial score (nSPS) is 10.1. The van der Waals surface area contributed by atoms with Gasteiger partial charge in [0.25, 0.3) is 0 Å². The highest BCUT2D eigenvalue weighted by Crippen LogP contribution is 2.31. The summed E-state index contributed by atoms with van der Waals surface area (Å²) >= 11 is 12.0. The molecule has 0 atom stereocenters. The summed E-state index contributed by atoms with van der Waals surface area (Å²) in [6, 6.07) is 3.28. The van der Waals surface area contributed by atoms with E-state index in [4.69, 9.17) is 27.9 Å². The molecular weight excluding hydrogens is 261 g/mol. The average molecular weight is 276 g/mol. The fraction of sp³-hybridized carbons (Fsp3) is 0.417. The SMILES string of the molecule is CCCNC(=O)Cc1cc(Cl)c(OC)cc1Cl. The van der Waals surface area contributed by atoms with E-state index in [1.54, 1.807) is 12.1 Å². The molecule has 5 heteroatoms. The molecule has 3 nitrogen and oxygen atoms in total. The van der Waals surface area contributed by atoms with Crippen molar-refractivity contribution in [3.8, 4) is 5.75 Å². The van der Waals surface area contributed by atoms with E-state index in [2.05, 4.69) is 5.32 Å². The molecule has 0 aromatic heterocycles. The lowest BCUT2D eigenvalue weighted by atomic mass is 10.1. The van der Waals surface area contributed by atoms with Crippen molar-refractivity contribution in [2.75, 3.05) is 13.7 Å². The molecule has 0 aliphatic carbocycles. The Bertz CT molecular complexity index is 408. The molecule has 1 aromatic carbocycles. The lowest BCUT2D eigenvalue weighted by Crippen LogP contribution is -2.25. The van der Waals surface area contributed by atoms with Crippen LogP contribution in [0.15, 0.2) is 12.1 Å². The van der Waals surface area contributed by atoms with Gasteiger partial charge in [0.2, 0.25) is 5.91 Å². The van der Waals surface area contributed by atoms with Crippen molar-refractivity contribution in [3.63, 3.8) is 0 Å². The van der Waals surface area contributed by atoms with Gasteiger partial charge in [-0.05, 0) is 18.1 Å². The number of nitrogens with one attached hydrogen (secondary N) is 1. The van der Waals surface area contributed by atoms with Crippen molar-refractivity contribution >= 4 is 29.1 Å². The molecule has 1 rings (SSSR count). The number of rotatable bonds is 5. The van der Waals surface area contributed by atoms with E-state index in [1.807, 2.05) is 6.92 Å². The summed E-state index contributed by atoms with van der Waals surface area (Å²) < 4.78 is 5.03. The Labute approximate surface area is 111 Å². The number of hydrogen-bond acceptors (Lipinski definition) is 2. The first-order chi connectivity index (χ1) is 8.08. The van der Waals surface area contributed by atoms with Gasteiger partial charge in [0.1, 0.15) is 5.75 Å². The number of ether oxygens (including phenoxy) is 1. The Hall–Kier alpha value is -0.930. The minimum absolute atomic E-state index is 0.0602. The van der Waals surface area contributed by atoms with Crippen LogP contribution in [-0.4, -0.2) is 19.6 Å². The Morgan fingerprint density at radius 3 is 2.65 bits per heavy atom. The van der Waals surface area contributed by atoms with Crippen LogP contribution in [0.4, 0.5) is 0 Å². The first-order valence-corrected chi connectivity index (χ1v) is 6.12. The molecule has 0 saturated heterocycles. The van der Waals surface area contributed by atoms with Crippen molar-refractivity contribution in [1.82, 2.24) is 5.32 Å². The van der Waals surface area contributed by atoms with Gasteiger partial charge in [-0.2, -0.15) is 0 Å². The summed E-state index contributed by atoms with van der Waals surface area (Å²) in [6.45, 7) is 2.66. The maximum atomic E-state index is 11.5. The minimum atomic E-state index is -0.0602. The molecule has 94 valence electrons. The van der Waals surface area contributed by atoms with Crippen LogP contribution in [0, 0.1) is 0 Å². The second-order valence-corrected chi connectivity index (χ2v) is 4.42. The number of benzene rings is 1. The van der Waals surface area contributed by atoms with Crippen molar-refractivity contribution < 1.29 is 9.53 Å². The zero-order valence-corrected chi connectivity index (χ0v) is 11.4. The molecule has 1 N–H and O–H groups in total. The summed E-state index contributed by atoms with van der Waals surface area (Å²) in [5.41, 5.74) is 0.700. The maximum absolute atomic E-state index is 11.5. The number of methoxy groups -OCH3 is 1. The average Bonchev–Trinajstić information content (AvgIpc) is 2.30. The second-order valence-electron chi connectivity index (χ2n) is 3.60. The molecule has 0 aliphatic heterocycles. The van der Waals surface area contributed by atoms with Crippen molar-refractivity contribution in [1.29, 1.82) is 0 Å². The van der Waals surface area contributed by atoms with Gasteiger partial charge in [0.05, 0.1) is 18.6 Å². The lowest BCUT2D eigenvalue weighted by molar-refractivity contribution is -0.120. The number of halogens is 2. The Balaban J connectivity index is 2.78. The minimum Gasteiger partial charge on any atom is -0.495 e. The molecule has 1 aromatic rings. The van der Waals surface area contributed by atoms with E-state index in [0.717, 1.165) is 6.42 Å². The number of amides is 1. The monoisotopic (exact) mass is 275 g/mol. The fourth-order valence-corrected chi connectivity index (χ4v) is 1.85. The van der Waals surface area contributed by atoms with Gasteiger partial charge in [-0.15, -0.1) is 0 Å². The fourth-order valence-electron chi connectivity index (χ4n) is 1.36. The van der Waals surface area contributed by atoms with Gasteiger partial charge < -0.3 is 10.1 Å². The second kappa shape index (κ2) is 6.72. The molecule has 0 spiro atoms. The molecule has 0 unspecified atom stereocenters. The van der Waals surface area contributed by atoms with Crippen molar-refractivity contribution in [3.05, 3.63) is 27.7 Å². The smallest absolute Gasteiger partial charge is 0.224 e. The highest BCUT2D eigenvalue weighted by Gasteiger charge is 2.10. The summed E-state index contributed by atoms with van der Waals surface area (Å²) in [4.78, 5) is 11.5. The molecular formula is C12H15Cl2NO2. The molecule has 0 radical (unpaired) electrons. The van der Waals surface area contributed by atoms with Gasteiger partial charge in [-0.3, -0.25) is 4.79 Å². The van der Waals surface area contributed by atoms with Gasteiger partial charge in [0, 0.05) is 17.6 Å². The molecule has 1 amide bonds. The summed E-state index contributed by atoms with van der Waals surface area (Å²) in [5, 5.41) is 3.72. The van der Waals surface area contributed by atoms with Gasteiger partial charge >= 0.3 is 0 Å². The molecule has 0 heterocycles. The summed E-state index contributed by atoms with van der Waals surface area (Å²) in [5.74, 6) is 0.448. The van der Waals surface area contributed by atoms with E-state index < -0.39 is 0 Å². The van der Waals surface area contributed by atoms with Crippen LogP contribution >= 0.6 is 23.2 Å². The predicted octanol–water partition coefficient (Wildman–Crippen LogP) is 3.07. The Morgan fingerprint density at radius 1 is 1.35 bits per heavy atom. The molecule has 0 aliphatic rings. The third-order valence-corrected chi connectivity index (χ3v) is 2.89. The maximum Gasteiger partial charge on any atom is 0.224 e. The van der Waals surface area contributed by atoms with Gasteiger partial charge in [-0.25, -0.2) is 0 Å². The summed E-state index contributed by atoms with van der Waals surface area (Å²) in [6.07, 6.45) is 1.13. The van der Waals surface area contributed by atoms with Crippen LogP contribution in [-0.2, 0) is 11.2 Å². The molecule has 0 fully saturated rings. The Kier molecular flexibility index (Phi) is 5.59.